The van der Waals surface area contributed by atoms with Crippen LogP contribution in [0.1, 0.15) is 39.2 Å². The topological polar surface area (TPSA) is 64.4 Å². The number of cyclic esters (lactones) is 1. The lowest BCUT2D eigenvalue weighted by molar-refractivity contribution is 0.0286. The van der Waals surface area contributed by atoms with E-state index in [1.165, 1.54) is 11.1 Å². The highest BCUT2D eigenvalue weighted by Crippen LogP contribution is 2.42. The molecule has 2 aliphatic heterocycles. The molecule has 0 aliphatic carbocycles. The summed E-state index contributed by atoms with van der Waals surface area (Å²) >= 11 is 0. The lowest BCUT2D eigenvalue weighted by Gasteiger charge is -2.30. The number of benzene rings is 2. The number of carbonyl (C=O) groups excluding carboxylic acids is 1. The van der Waals surface area contributed by atoms with E-state index in [0.717, 1.165) is 18.5 Å². The number of ether oxygens (including phenoxy) is 1. The molecule has 4 heteroatoms. The molecule has 2 heterocycles. The third kappa shape index (κ3) is 1.91. The number of rotatable bonds is 1. The second-order valence-electron chi connectivity index (χ2n) is 5.55. The maximum absolute atomic E-state index is 12.1. The molecule has 0 bridgehead atoms. The molecule has 2 aromatic rings. The summed E-state index contributed by atoms with van der Waals surface area (Å²) in [5.41, 5.74) is 10.4. The van der Waals surface area contributed by atoms with Gasteiger partial charge in [-0.05, 0) is 36.2 Å². The summed E-state index contributed by atoms with van der Waals surface area (Å²) < 4.78 is 5.63. The summed E-state index contributed by atoms with van der Waals surface area (Å²) in [6.07, 6.45) is 0.719. The monoisotopic (exact) mass is 280 g/mol. The normalized spacial score (nSPS) is 23.3. The molecule has 0 amide bonds. The molecule has 3 N–H and O–H groups in total. The van der Waals surface area contributed by atoms with Gasteiger partial charge in [0, 0.05) is 11.3 Å². The maximum Gasteiger partial charge on any atom is 0.339 e. The van der Waals surface area contributed by atoms with Gasteiger partial charge in [0.2, 0.25) is 0 Å². The van der Waals surface area contributed by atoms with Gasteiger partial charge in [-0.15, -0.1) is 0 Å². The summed E-state index contributed by atoms with van der Waals surface area (Å²) in [5.74, 6) is -0.285. The van der Waals surface area contributed by atoms with Crippen LogP contribution in [0.3, 0.4) is 0 Å². The minimum Gasteiger partial charge on any atom is -0.452 e. The first kappa shape index (κ1) is 12.4. The molecule has 2 unspecified atom stereocenters. The first-order chi connectivity index (χ1) is 10.2. The fraction of sp³-hybridized carbons (Fsp3) is 0.235. The molecule has 106 valence electrons. The van der Waals surface area contributed by atoms with Crippen LogP contribution in [0.2, 0.25) is 0 Å². The first-order valence-corrected chi connectivity index (χ1v) is 7.15. The Labute approximate surface area is 122 Å². The van der Waals surface area contributed by atoms with E-state index in [-0.39, 0.29) is 18.1 Å². The van der Waals surface area contributed by atoms with Gasteiger partial charge in [-0.1, -0.05) is 30.3 Å². The van der Waals surface area contributed by atoms with Gasteiger partial charge in [0.1, 0.15) is 6.10 Å². The zero-order chi connectivity index (χ0) is 14.4. The van der Waals surface area contributed by atoms with Crippen molar-refractivity contribution in [3.05, 3.63) is 64.7 Å². The van der Waals surface area contributed by atoms with Gasteiger partial charge in [-0.3, -0.25) is 0 Å². The van der Waals surface area contributed by atoms with Gasteiger partial charge in [-0.2, -0.15) is 0 Å². The van der Waals surface area contributed by atoms with Crippen molar-refractivity contribution in [3.8, 4) is 0 Å². The van der Waals surface area contributed by atoms with E-state index in [1.807, 2.05) is 18.2 Å². The van der Waals surface area contributed by atoms with Gasteiger partial charge < -0.3 is 15.8 Å². The third-order valence-corrected chi connectivity index (χ3v) is 4.29. The van der Waals surface area contributed by atoms with Crippen molar-refractivity contribution in [1.29, 1.82) is 0 Å². The summed E-state index contributed by atoms with van der Waals surface area (Å²) in [6.45, 7) is 0.889. The van der Waals surface area contributed by atoms with Crippen LogP contribution in [0.5, 0.6) is 0 Å². The highest BCUT2D eigenvalue weighted by molar-refractivity contribution is 5.95. The Kier molecular flexibility index (Phi) is 2.72. The number of nitrogens with one attached hydrogen (secondary N) is 1. The van der Waals surface area contributed by atoms with Crippen LogP contribution in [0.25, 0.3) is 0 Å². The minimum atomic E-state index is -0.285. The predicted octanol–water partition coefficient (Wildman–Crippen LogP) is 2.37. The van der Waals surface area contributed by atoms with Crippen LogP contribution >= 0.6 is 0 Å². The van der Waals surface area contributed by atoms with E-state index in [4.69, 9.17) is 10.5 Å². The smallest absolute Gasteiger partial charge is 0.339 e. The molecule has 0 fully saturated rings. The Balaban J connectivity index is 1.79. The molecule has 0 spiro atoms. The van der Waals surface area contributed by atoms with Crippen molar-refractivity contribution in [2.45, 2.75) is 18.6 Å². The molecule has 2 atom stereocenters. The second-order valence-corrected chi connectivity index (χ2v) is 5.55. The highest BCUT2D eigenvalue weighted by atomic mass is 16.5. The number of esters is 1. The lowest BCUT2D eigenvalue weighted by Crippen LogP contribution is -2.34. The average molecular weight is 280 g/mol. The van der Waals surface area contributed by atoms with Crippen LogP contribution in [-0.4, -0.2) is 12.5 Å². The number of hydrogen-bond acceptors (Lipinski definition) is 4. The average Bonchev–Trinajstić information content (AvgIpc) is 2.83. The quantitative estimate of drug-likeness (QED) is 0.622. The maximum atomic E-state index is 12.1. The number of hydrogen-bond donors (Lipinski definition) is 2. The summed E-state index contributed by atoms with van der Waals surface area (Å²) in [7, 11) is 0. The minimum absolute atomic E-state index is 0.00349. The van der Waals surface area contributed by atoms with Crippen molar-refractivity contribution in [1.82, 2.24) is 5.32 Å². The zero-order valence-electron chi connectivity index (χ0n) is 11.5. The Morgan fingerprint density at radius 2 is 2.00 bits per heavy atom. The Morgan fingerprint density at radius 1 is 1.14 bits per heavy atom. The fourth-order valence-electron chi connectivity index (χ4n) is 3.30. The zero-order valence-corrected chi connectivity index (χ0v) is 11.5. The molecule has 2 aromatic carbocycles. The van der Waals surface area contributed by atoms with E-state index >= 15 is 0 Å². The third-order valence-electron chi connectivity index (χ3n) is 4.29. The van der Waals surface area contributed by atoms with Crippen molar-refractivity contribution in [2.75, 3.05) is 12.3 Å². The van der Waals surface area contributed by atoms with Crippen LogP contribution in [-0.2, 0) is 11.2 Å². The number of anilines is 1. The standard InChI is InChI=1S/C17H16N2O2/c18-11-5-6-13-14(9-11)17(20)21-16(13)15-12-4-2-1-3-10(12)7-8-19-15/h1-6,9,15-16,19H,7-8,18H2. The molecule has 2 aliphatic rings. The summed E-state index contributed by atoms with van der Waals surface area (Å²) in [4.78, 5) is 12.1. The molecule has 0 aromatic heterocycles. The molecule has 4 nitrogen and oxygen atoms in total. The molecular weight excluding hydrogens is 264 g/mol. The Morgan fingerprint density at radius 3 is 2.90 bits per heavy atom. The summed E-state index contributed by atoms with van der Waals surface area (Å²) in [5, 5.41) is 3.48. The van der Waals surface area contributed by atoms with Crippen LogP contribution in [0.4, 0.5) is 5.69 Å². The number of carbonyl (C=O) groups is 1. The molecule has 21 heavy (non-hydrogen) atoms. The SMILES string of the molecule is Nc1ccc2c(c1)C(=O)OC2C1NCCc2ccccc21. The lowest BCUT2D eigenvalue weighted by atomic mass is 9.88. The fourth-order valence-corrected chi connectivity index (χ4v) is 3.30. The second kappa shape index (κ2) is 4.60. The Hall–Kier alpha value is -2.33. The van der Waals surface area contributed by atoms with Crippen molar-refractivity contribution in [2.24, 2.45) is 0 Å². The van der Waals surface area contributed by atoms with Crippen molar-refractivity contribution >= 4 is 11.7 Å². The Bertz CT molecular complexity index is 726. The molecule has 0 radical (unpaired) electrons. The number of nitrogen functional groups attached to an aromatic ring is 1. The largest absolute Gasteiger partial charge is 0.452 e. The van der Waals surface area contributed by atoms with E-state index in [0.29, 0.717) is 11.3 Å². The molecule has 0 saturated heterocycles. The van der Waals surface area contributed by atoms with Crippen molar-refractivity contribution < 1.29 is 9.53 Å². The highest BCUT2D eigenvalue weighted by Gasteiger charge is 2.38. The predicted molar refractivity (Wildman–Crippen MR) is 79.9 cm³/mol. The van der Waals surface area contributed by atoms with Gasteiger partial charge in [0.15, 0.2) is 0 Å². The summed E-state index contributed by atoms with van der Waals surface area (Å²) in [6, 6.07) is 13.8. The number of nitrogens with two attached hydrogens (primary N) is 1. The van der Waals surface area contributed by atoms with Crippen molar-refractivity contribution in [3.63, 3.8) is 0 Å². The van der Waals surface area contributed by atoms with E-state index < -0.39 is 0 Å². The van der Waals surface area contributed by atoms with Crippen LogP contribution in [0.15, 0.2) is 42.5 Å². The van der Waals surface area contributed by atoms with E-state index in [1.54, 1.807) is 6.07 Å². The van der Waals surface area contributed by atoms with Gasteiger partial charge >= 0.3 is 5.97 Å². The van der Waals surface area contributed by atoms with E-state index in [2.05, 4.69) is 23.5 Å². The van der Waals surface area contributed by atoms with Gasteiger partial charge in [0.25, 0.3) is 0 Å². The molecular formula is C17H16N2O2. The van der Waals surface area contributed by atoms with Crippen LogP contribution in [0, 0.1) is 0 Å². The van der Waals surface area contributed by atoms with E-state index in [9.17, 15) is 4.79 Å². The number of fused-ring (bicyclic) bond motifs is 2. The molecule has 0 saturated carbocycles. The van der Waals surface area contributed by atoms with Gasteiger partial charge in [0.05, 0.1) is 11.6 Å². The van der Waals surface area contributed by atoms with Crippen LogP contribution < -0.4 is 11.1 Å². The van der Waals surface area contributed by atoms with Gasteiger partial charge in [-0.25, -0.2) is 4.79 Å². The first-order valence-electron chi connectivity index (χ1n) is 7.15. The molecule has 4 rings (SSSR count).